The van der Waals surface area contributed by atoms with Gasteiger partial charge in [-0.1, -0.05) is 36.4 Å². The fraction of sp³-hybridized carbons (Fsp3) is 0.100. The summed E-state index contributed by atoms with van der Waals surface area (Å²) in [6.45, 7) is 3.32. The third kappa shape index (κ3) is 4.41. The first-order valence-corrected chi connectivity index (χ1v) is 9.10. The van der Waals surface area contributed by atoms with Crippen LogP contribution in [0.15, 0.2) is 69.3 Å². The van der Waals surface area contributed by atoms with E-state index in [0.717, 1.165) is 15.8 Å². The highest BCUT2D eigenvalue weighted by Gasteiger charge is 2.19. The Morgan fingerprint density at radius 1 is 1.10 bits per heavy atom. The monoisotopic (exact) mass is 409 g/mol. The minimum atomic E-state index is -0.748. The number of aromatic amines is 1. The molecule has 1 heterocycles. The van der Waals surface area contributed by atoms with E-state index < -0.39 is 17.1 Å². The van der Waals surface area contributed by atoms with Crippen LogP contribution in [0.3, 0.4) is 0 Å². The molecule has 4 N–H and O–H groups in total. The fourth-order valence-electron chi connectivity index (χ4n) is 2.76. The smallest absolute Gasteiger partial charge is 0.335 e. The van der Waals surface area contributed by atoms with Crippen LogP contribution in [-0.4, -0.2) is 25.5 Å². The second kappa shape index (κ2) is 8.53. The van der Waals surface area contributed by atoms with Gasteiger partial charge in [-0.2, -0.15) is 5.10 Å². The largest absolute Gasteiger partial charge is 0.493 e. The highest BCUT2D eigenvalue weighted by molar-refractivity contribution is 7.80. The number of hydrogen-bond acceptors (Lipinski definition) is 5. The minimum absolute atomic E-state index is 0.136. The third-order valence-corrected chi connectivity index (χ3v) is 4.35. The average Bonchev–Trinajstić information content (AvgIpc) is 2.68. The molecular weight excluding hydrogens is 390 g/mol. The van der Waals surface area contributed by atoms with Gasteiger partial charge in [0.05, 0.1) is 11.4 Å². The average molecular weight is 409 g/mol. The van der Waals surface area contributed by atoms with Crippen LogP contribution in [0, 0.1) is 6.92 Å². The topological polar surface area (TPSA) is 112 Å². The van der Waals surface area contributed by atoms with E-state index in [0.29, 0.717) is 5.69 Å². The van der Waals surface area contributed by atoms with Crippen LogP contribution in [0.25, 0.3) is 5.69 Å². The summed E-state index contributed by atoms with van der Waals surface area (Å²) in [5.74, 6) is -0.502. The lowest BCUT2D eigenvalue weighted by atomic mass is 10.1. The molecule has 0 aliphatic rings. The summed E-state index contributed by atoms with van der Waals surface area (Å²) in [5.41, 5.74) is 3.13. The predicted molar refractivity (Wildman–Crippen MR) is 117 cm³/mol. The molecule has 0 atom stereocenters. The summed E-state index contributed by atoms with van der Waals surface area (Å²) in [4.78, 5) is 26.9. The van der Waals surface area contributed by atoms with Crippen molar-refractivity contribution in [2.45, 2.75) is 13.8 Å². The Kier molecular flexibility index (Phi) is 5.89. The SMILES string of the molecule is CC(=NNC(=S)Nc1ccccc1)c1c(O)n(-c2ccccc2C)c(=O)[nH]c1=O. The molecule has 0 aliphatic carbocycles. The van der Waals surface area contributed by atoms with Gasteiger partial charge < -0.3 is 10.4 Å². The highest BCUT2D eigenvalue weighted by atomic mass is 32.1. The van der Waals surface area contributed by atoms with Gasteiger partial charge in [0.1, 0.15) is 5.56 Å². The maximum absolute atomic E-state index is 12.3. The zero-order chi connectivity index (χ0) is 21.0. The molecule has 0 fully saturated rings. The maximum Gasteiger partial charge on any atom is 0.335 e. The standard InChI is InChI=1S/C20H19N5O3S/c1-12-8-6-7-11-15(12)25-18(27)16(17(26)22-20(25)28)13(2)23-24-19(29)21-14-9-4-3-5-10-14/h3-11,27H,1-2H3,(H2,21,24,29)(H,22,26,28). The van der Waals surface area contributed by atoms with Crippen molar-refractivity contribution in [2.24, 2.45) is 5.10 Å². The van der Waals surface area contributed by atoms with Crippen LogP contribution in [0.2, 0.25) is 0 Å². The number of hydrogen-bond donors (Lipinski definition) is 4. The van der Waals surface area contributed by atoms with Gasteiger partial charge >= 0.3 is 5.69 Å². The van der Waals surface area contributed by atoms with Crippen molar-refractivity contribution >= 4 is 28.7 Å². The van der Waals surface area contributed by atoms with E-state index in [1.807, 2.05) is 36.4 Å². The molecule has 3 aromatic rings. The van der Waals surface area contributed by atoms with Gasteiger partial charge in [0.25, 0.3) is 5.56 Å². The van der Waals surface area contributed by atoms with Crippen molar-refractivity contribution in [3.63, 3.8) is 0 Å². The lowest BCUT2D eigenvalue weighted by Crippen LogP contribution is -2.34. The number of nitrogens with zero attached hydrogens (tertiary/aromatic N) is 2. The van der Waals surface area contributed by atoms with Crippen molar-refractivity contribution in [3.8, 4) is 11.6 Å². The molecule has 0 bridgehead atoms. The van der Waals surface area contributed by atoms with Crippen molar-refractivity contribution in [1.29, 1.82) is 0 Å². The molecule has 0 radical (unpaired) electrons. The quantitative estimate of drug-likeness (QED) is 0.299. The summed E-state index contributed by atoms with van der Waals surface area (Å²) in [5, 5.41) is 17.9. The Bertz CT molecular complexity index is 1200. The van der Waals surface area contributed by atoms with Crippen LogP contribution in [-0.2, 0) is 0 Å². The van der Waals surface area contributed by atoms with E-state index >= 15 is 0 Å². The van der Waals surface area contributed by atoms with Crippen LogP contribution in [0.5, 0.6) is 5.88 Å². The number of anilines is 1. The number of para-hydroxylation sites is 2. The number of aromatic hydroxyl groups is 1. The summed E-state index contributed by atoms with van der Waals surface area (Å²) in [6.07, 6.45) is 0. The summed E-state index contributed by atoms with van der Waals surface area (Å²) in [6, 6.07) is 16.3. The van der Waals surface area contributed by atoms with Gasteiger partial charge in [-0.15, -0.1) is 0 Å². The molecule has 0 saturated carbocycles. The molecule has 148 valence electrons. The Morgan fingerprint density at radius 3 is 2.45 bits per heavy atom. The Balaban J connectivity index is 1.94. The fourth-order valence-corrected chi connectivity index (χ4v) is 2.92. The van der Waals surface area contributed by atoms with E-state index in [9.17, 15) is 14.7 Å². The maximum atomic E-state index is 12.3. The number of thiocarbonyl (C=S) groups is 1. The van der Waals surface area contributed by atoms with Crippen molar-refractivity contribution in [1.82, 2.24) is 15.0 Å². The van der Waals surface area contributed by atoms with Gasteiger partial charge in [0.15, 0.2) is 5.11 Å². The third-order valence-electron chi connectivity index (χ3n) is 4.16. The van der Waals surface area contributed by atoms with Crippen LogP contribution < -0.4 is 22.0 Å². The van der Waals surface area contributed by atoms with E-state index in [-0.39, 0.29) is 16.4 Å². The Morgan fingerprint density at radius 2 is 1.76 bits per heavy atom. The molecule has 1 aromatic heterocycles. The van der Waals surface area contributed by atoms with Gasteiger partial charge in [-0.25, -0.2) is 9.36 Å². The molecule has 8 nitrogen and oxygen atoms in total. The van der Waals surface area contributed by atoms with E-state index in [1.54, 1.807) is 25.1 Å². The lowest BCUT2D eigenvalue weighted by molar-refractivity contribution is 0.429. The zero-order valence-electron chi connectivity index (χ0n) is 15.8. The Labute approximate surface area is 171 Å². The number of nitrogens with one attached hydrogen (secondary N) is 3. The van der Waals surface area contributed by atoms with Crippen LogP contribution >= 0.6 is 12.2 Å². The van der Waals surface area contributed by atoms with Crippen molar-refractivity contribution in [2.75, 3.05) is 5.32 Å². The molecule has 2 aromatic carbocycles. The number of rotatable bonds is 4. The lowest BCUT2D eigenvalue weighted by Gasteiger charge is -2.13. The van der Waals surface area contributed by atoms with Crippen molar-refractivity contribution in [3.05, 3.63) is 86.6 Å². The molecule has 0 amide bonds. The van der Waals surface area contributed by atoms with Gasteiger partial charge in [-0.3, -0.25) is 15.2 Å². The second-order valence-corrected chi connectivity index (χ2v) is 6.62. The predicted octanol–water partition coefficient (Wildman–Crippen LogP) is 2.25. The van der Waals surface area contributed by atoms with Gasteiger partial charge in [0, 0.05) is 5.69 Å². The van der Waals surface area contributed by atoms with E-state index in [4.69, 9.17) is 12.2 Å². The first-order valence-electron chi connectivity index (χ1n) is 8.69. The zero-order valence-corrected chi connectivity index (χ0v) is 16.6. The number of aryl methyl sites for hydroxylation is 1. The second-order valence-electron chi connectivity index (χ2n) is 6.21. The minimum Gasteiger partial charge on any atom is -0.493 e. The first kappa shape index (κ1) is 20.0. The molecule has 0 unspecified atom stereocenters. The van der Waals surface area contributed by atoms with E-state index in [1.165, 1.54) is 6.92 Å². The molecule has 0 saturated heterocycles. The molecule has 3 rings (SSSR count). The number of hydrazone groups is 1. The normalized spacial score (nSPS) is 11.2. The molecule has 0 aliphatic heterocycles. The van der Waals surface area contributed by atoms with Crippen LogP contribution in [0.4, 0.5) is 5.69 Å². The molecule has 9 heteroatoms. The molecular formula is C20H19N5O3S. The summed E-state index contributed by atoms with van der Waals surface area (Å²) >= 11 is 5.18. The van der Waals surface area contributed by atoms with Crippen molar-refractivity contribution < 1.29 is 5.11 Å². The van der Waals surface area contributed by atoms with Crippen LogP contribution in [0.1, 0.15) is 18.1 Å². The first-order chi connectivity index (χ1) is 13.9. The molecule has 29 heavy (non-hydrogen) atoms. The van der Waals surface area contributed by atoms with Gasteiger partial charge in [-0.05, 0) is 49.8 Å². The highest BCUT2D eigenvalue weighted by Crippen LogP contribution is 2.19. The summed E-state index contributed by atoms with van der Waals surface area (Å²) in [7, 11) is 0. The number of H-pyrrole nitrogens is 1. The van der Waals surface area contributed by atoms with Gasteiger partial charge in [0.2, 0.25) is 5.88 Å². The Hall–Kier alpha value is -3.72. The van der Waals surface area contributed by atoms with E-state index in [2.05, 4.69) is 20.8 Å². The number of benzene rings is 2. The summed E-state index contributed by atoms with van der Waals surface area (Å²) < 4.78 is 1.03. The number of aromatic nitrogens is 2. The molecule has 0 spiro atoms.